The molecule has 124 valence electrons. The molecule has 1 atom stereocenters. The monoisotopic (exact) mass is 324 g/mol. The first-order valence-electron chi connectivity index (χ1n) is 7.83. The lowest BCUT2D eigenvalue weighted by molar-refractivity contribution is 0.0697. The Morgan fingerprint density at radius 3 is 2.54 bits per heavy atom. The standard InChI is InChI=1S/C18H20N4O2/c1-12-10-13(2)22(20-12)11-14(3)21-9-8-19-17(21)15-4-6-16(7-5-15)18(23)24/h4-10,14H,11H2,1-3H3,(H,23,24). The Hall–Kier alpha value is -2.89. The van der Waals surface area contributed by atoms with Crippen molar-refractivity contribution in [3.63, 3.8) is 0 Å². The van der Waals surface area contributed by atoms with Gasteiger partial charge in [0.1, 0.15) is 5.82 Å². The third-order valence-corrected chi connectivity index (χ3v) is 4.07. The van der Waals surface area contributed by atoms with E-state index in [0.717, 1.165) is 29.3 Å². The maximum atomic E-state index is 11.0. The normalized spacial score (nSPS) is 12.3. The summed E-state index contributed by atoms with van der Waals surface area (Å²) in [6, 6.07) is 9.01. The van der Waals surface area contributed by atoms with Gasteiger partial charge in [0.05, 0.1) is 23.8 Å². The zero-order valence-electron chi connectivity index (χ0n) is 14.0. The number of hydrogen-bond acceptors (Lipinski definition) is 3. The molecule has 1 N–H and O–H groups in total. The van der Waals surface area contributed by atoms with Gasteiger partial charge in [0.15, 0.2) is 0 Å². The molecule has 2 aromatic heterocycles. The quantitative estimate of drug-likeness (QED) is 0.781. The van der Waals surface area contributed by atoms with Crippen molar-refractivity contribution >= 4 is 5.97 Å². The van der Waals surface area contributed by atoms with Crippen molar-refractivity contribution in [2.75, 3.05) is 0 Å². The Labute approximate surface area is 140 Å². The van der Waals surface area contributed by atoms with Crippen molar-refractivity contribution in [2.24, 2.45) is 0 Å². The van der Waals surface area contributed by atoms with Gasteiger partial charge in [-0.2, -0.15) is 5.10 Å². The van der Waals surface area contributed by atoms with Gasteiger partial charge in [-0.25, -0.2) is 9.78 Å². The van der Waals surface area contributed by atoms with E-state index in [4.69, 9.17) is 5.11 Å². The summed E-state index contributed by atoms with van der Waals surface area (Å²) in [6.45, 7) is 6.90. The van der Waals surface area contributed by atoms with Crippen LogP contribution in [0, 0.1) is 13.8 Å². The average Bonchev–Trinajstić information content (AvgIpc) is 3.14. The molecule has 3 rings (SSSR count). The third-order valence-electron chi connectivity index (χ3n) is 4.07. The van der Waals surface area contributed by atoms with E-state index in [0.29, 0.717) is 0 Å². The lowest BCUT2D eigenvalue weighted by Crippen LogP contribution is -2.15. The first-order chi connectivity index (χ1) is 11.5. The number of carboxylic acids is 1. The van der Waals surface area contributed by atoms with E-state index in [-0.39, 0.29) is 11.6 Å². The molecule has 0 radical (unpaired) electrons. The lowest BCUT2D eigenvalue weighted by atomic mass is 10.1. The van der Waals surface area contributed by atoms with Crippen LogP contribution < -0.4 is 0 Å². The smallest absolute Gasteiger partial charge is 0.335 e. The number of rotatable bonds is 5. The Kier molecular flexibility index (Phi) is 4.20. The van der Waals surface area contributed by atoms with Gasteiger partial charge in [0.2, 0.25) is 0 Å². The molecule has 0 spiro atoms. The van der Waals surface area contributed by atoms with Crippen LogP contribution in [0.15, 0.2) is 42.7 Å². The summed E-state index contributed by atoms with van der Waals surface area (Å²) >= 11 is 0. The number of aromatic nitrogens is 4. The molecule has 0 aliphatic carbocycles. The van der Waals surface area contributed by atoms with Crippen molar-refractivity contribution < 1.29 is 9.90 Å². The number of nitrogens with zero attached hydrogens (tertiary/aromatic N) is 4. The Balaban J connectivity index is 1.86. The van der Waals surface area contributed by atoms with E-state index in [2.05, 4.69) is 27.6 Å². The molecule has 1 unspecified atom stereocenters. The molecule has 6 heteroatoms. The van der Waals surface area contributed by atoms with Crippen LogP contribution >= 0.6 is 0 Å². The van der Waals surface area contributed by atoms with E-state index in [1.807, 2.05) is 24.7 Å². The minimum Gasteiger partial charge on any atom is -0.478 e. The second kappa shape index (κ2) is 6.31. The minimum absolute atomic E-state index is 0.166. The van der Waals surface area contributed by atoms with Crippen LogP contribution in [0.4, 0.5) is 0 Å². The van der Waals surface area contributed by atoms with Crippen molar-refractivity contribution in [1.82, 2.24) is 19.3 Å². The highest BCUT2D eigenvalue weighted by Crippen LogP contribution is 2.23. The third kappa shape index (κ3) is 3.08. The molecule has 0 fully saturated rings. The first kappa shape index (κ1) is 16.0. The van der Waals surface area contributed by atoms with Crippen LogP contribution in [0.3, 0.4) is 0 Å². The number of hydrogen-bond donors (Lipinski definition) is 1. The number of imidazole rings is 1. The summed E-state index contributed by atoms with van der Waals surface area (Å²) in [5.74, 6) is -0.108. The lowest BCUT2D eigenvalue weighted by Gasteiger charge is -2.17. The van der Waals surface area contributed by atoms with Crippen molar-refractivity contribution in [1.29, 1.82) is 0 Å². The van der Waals surface area contributed by atoms with Gasteiger partial charge in [-0.3, -0.25) is 4.68 Å². The number of benzene rings is 1. The largest absolute Gasteiger partial charge is 0.478 e. The molecule has 0 amide bonds. The Morgan fingerprint density at radius 2 is 1.96 bits per heavy atom. The van der Waals surface area contributed by atoms with Crippen LogP contribution in [0.2, 0.25) is 0 Å². The summed E-state index contributed by atoms with van der Waals surface area (Å²) in [5.41, 5.74) is 3.31. The molecule has 0 aliphatic rings. The van der Waals surface area contributed by atoms with E-state index in [9.17, 15) is 4.79 Å². The summed E-state index contributed by atoms with van der Waals surface area (Å²) in [5, 5.41) is 13.5. The molecule has 0 saturated carbocycles. The fraction of sp³-hybridized carbons (Fsp3) is 0.278. The van der Waals surface area contributed by atoms with Crippen LogP contribution in [-0.4, -0.2) is 30.4 Å². The van der Waals surface area contributed by atoms with Gasteiger partial charge in [0, 0.05) is 23.7 Å². The van der Waals surface area contributed by atoms with Crippen LogP contribution in [0.1, 0.15) is 34.7 Å². The molecular weight excluding hydrogens is 304 g/mol. The molecule has 3 aromatic rings. The maximum absolute atomic E-state index is 11.0. The van der Waals surface area contributed by atoms with Crippen LogP contribution in [0.25, 0.3) is 11.4 Å². The molecule has 24 heavy (non-hydrogen) atoms. The zero-order valence-corrected chi connectivity index (χ0v) is 14.0. The van der Waals surface area contributed by atoms with Crippen LogP contribution in [0.5, 0.6) is 0 Å². The van der Waals surface area contributed by atoms with E-state index >= 15 is 0 Å². The average molecular weight is 324 g/mol. The fourth-order valence-electron chi connectivity index (χ4n) is 2.85. The van der Waals surface area contributed by atoms with E-state index in [1.54, 1.807) is 30.5 Å². The second-order valence-corrected chi connectivity index (χ2v) is 6.00. The highest BCUT2D eigenvalue weighted by Gasteiger charge is 2.14. The van der Waals surface area contributed by atoms with E-state index < -0.39 is 5.97 Å². The summed E-state index contributed by atoms with van der Waals surface area (Å²) in [7, 11) is 0. The molecule has 0 aliphatic heterocycles. The van der Waals surface area contributed by atoms with Gasteiger partial charge in [-0.1, -0.05) is 12.1 Å². The van der Waals surface area contributed by atoms with E-state index in [1.165, 1.54) is 0 Å². The maximum Gasteiger partial charge on any atom is 0.335 e. The topological polar surface area (TPSA) is 72.9 Å². The van der Waals surface area contributed by atoms with Crippen molar-refractivity contribution in [2.45, 2.75) is 33.4 Å². The van der Waals surface area contributed by atoms with Crippen molar-refractivity contribution in [3.8, 4) is 11.4 Å². The van der Waals surface area contributed by atoms with Gasteiger partial charge < -0.3 is 9.67 Å². The minimum atomic E-state index is -0.928. The highest BCUT2D eigenvalue weighted by molar-refractivity contribution is 5.88. The Morgan fingerprint density at radius 1 is 1.25 bits per heavy atom. The predicted octanol–water partition coefficient (Wildman–Crippen LogP) is 3.32. The SMILES string of the molecule is Cc1cc(C)n(CC(C)n2ccnc2-c2ccc(C(=O)O)cc2)n1. The van der Waals surface area contributed by atoms with Gasteiger partial charge in [-0.15, -0.1) is 0 Å². The van der Waals surface area contributed by atoms with Crippen LogP contribution in [-0.2, 0) is 6.54 Å². The highest BCUT2D eigenvalue weighted by atomic mass is 16.4. The summed E-state index contributed by atoms with van der Waals surface area (Å²) in [6.07, 6.45) is 3.70. The summed E-state index contributed by atoms with van der Waals surface area (Å²) < 4.78 is 4.09. The zero-order chi connectivity index (χ0) is 17.3. The molecule has 6 nitrogen and oxygen atoms in total. The number of aryl methyl sites for hydroxylation is 2. The number of carbonyl (C=O) groups is 1. The number of aromatic carboxylic acids is 1. The molecule has 1 aromatic carbocycles. The molecule has 2 heterocycles. The molecule has 0 saturated heterocycles. The first-order valence-corrected chi connectivity index (χ1v) is 7.83. The van der Waals surface area contributed by atoms with Gasteiger partial charge in [-0.05, 0) is 39.0 Å². The fourth-order valence-corrected chi connectivity index (χ4v) is 2.85. The predicted molar refractivity (Wildman–Crippen MR) is 91.0 cm³/mol. The molecular formula is C18H20N4O2. The number of carboxylic acid groups (broad SMARTS) is 1. The summed E-state index contributed by atoms with van der Waals surface area (Å²) in [4.78, 5) is 15.4. The van der Waals surface area contributed by atoms with Crippen molar-refractivity contribution in [3.05, 3.63) is 59.7 Å². The Bertz CT molecular complexity index is 862. The second-order valence-electron chi connectivity index (χ2n) is 6.00. The van der Waals surface area contributed by atoms with Gasteiger partial charge >= 0.3 is 5.97 Å². The van der Waals surface area contributed by atoms with Gasteiger partial charge in [0.25, 0.3) is 0 Å². The molecule has 0 bridgehead atoms.